The molecule has 0 aliphatic rings. The van der Waals surface area contributed by atoms with Crippen molar-refractivity contribution in [2.24, 2.45) is 10.2 Å². The Bertz CT molecular complexity index is 638. The number of aromatic amines is 1. The molecule has 1 aromatic carbocycles. The number of hydrogen-bond donors (Lipinski definition) is 2. The fourth-order valence-corrected chi connectivity index (χ4v) is 1.76. The molecule has 0 saturated carbocycles. The van der Waals surface area contributed by atoms with E-state index in [0.717, 1.165) is 10.9 Å². The van der Waals surface area contributed by atoms with Crippen LogP contribution < -0.4 is 0 Å². The highest BCUT2D eigenvalue weighted by Crippen LogP contribution is 2.35. The number of nitrogens with one attached hydrogen (secondary N) is 1. The van der Waals surface area contributed by atoms with Crippen molar-refractivity contribution in [3.05, 3.63) is 24.3 Å². The van der Waals surface area contributed by atoms with Crippen LogP contribution in [0.25, 0.3) is 10.9 Å². The number of aromatic hydroxyl groups is 1. The van der Waals surface area contributed by atoms with Crippen molar-refractivity contribution in [1.29, 1.82) is 0 Å². The van der Waals surface area contributed by atoms with E-state index in [0.29, 0.717) is 10.2 Å². The van der Waals surface area contributed by atoms with Crippen LogP contribution in [-0.2, 0) is 4.79 Å². The van der Waals surface area contributed by atoms with E-state index < -0.39 is 0 Å². The summed E-state index contributed by atoms with van der Waals surface area (Å²) in [4.78, 5) is 14.4. The second kappa shape index (κ2) is 4.81. The molecule has 0 spiro atoms. The molecule has 2 N–H and O–H groups in total. The number of para-hydroxylation sites is 1. The van der Waals surface area contributed by atoms with E-state index in [-0.39, 0.29) is 18.3 Å². The second-order valence-corrected chi connectivity index (χ2v) is 5.41. The van der Waals surface area contributed by atoms with Crippen molar-refractivity contribution in [2.75, 3.05) is 27.7 Å². The summed E-state index contributed by atoms with van der Waals surface area (Å²) in [5, 5.41) is 18.0. The molecule has 2 rings (SSSR count). The Hall–Kier alpha value is -2.21. The third kappa shape index (κ3) is 3.17. The molecule has 19 heavy (non-hydrogen) atoms. The van der Waals surface area contributed by atoms with Gasteiger partial charge in [-0.1, -0.05) is 18.2 Å². The summed E-state index contributed by atoms with van der Waals surface area (Å²) < 4.78 is 0.484. The van der Waals surface area contributed by atoms with E-state index in [1.165, 1.54) is 0 Å². The van der Waals surface area contributed by atoms with Crippen LogP contribution in [-0.4, -0.2) is 48.2 Å². The van der Waals surface area contributed by atoms with E-state index >= 15 is 0 Å². The molecule has 1 aromatic heterocycles. The topological polar surface area (TPSA) is 77.8 Å². The predicted molar refractivity (Wildman–Crippen MR) is 72.4 cm³/mol. The zero-order valence-electron chi connectivity index (χ0n) is 11.2. The number of carbonyl (C=O) groups excluding carboxylic acids is 1. The highest BCUT2D eigenvalue weighted by Gasteiger charge is 2.15. The van der Waals surface area contributed by atoms with E-state index in [2.05, 4.69) is 15.2 Å². The smallest absolute Gasteiger partial charge is 0.319 e. The fourth-order valence-electron chi connectivity index (χ4n) is 1.76. The number of amides is 1. The van der Waals surface area contributed by atoms with Gasteiger partial charge in [-0.05, 0) is 6.07 Å². The Morgan fingerprint density at radius 3 is 2.68 bits per heavy atom. The minimum atomic E-state index is -0.322. The molecule has 0 unspecified atom stereocenters. The molecule has 6 heteroatoms. The number of nitrogens with zero attached hydrogens (tertiary/aromatic N) is 3. The van der Waals surface area contributed by atoms with Crippen LogP contribution >= 0.6 is 0 Å². The lowest BCUT2D eigenvalue weighted by molar-refractivity contribution is -0.862. The summed E-state index contributed by atoms with van der Waals surface area (Å²) in [5.74, 6) is -0.403. The van der Waals surface area contributed by atoms with Gasteiger partial charge in [0.05, 0.1) is 26.7 Å². The second-order valence-electron chi connectivity index (χ2n) is 5.41. The number of likely N-dealkylation sites (N-methyl/N-ethyl adjacent to an activating group) is 1. The summed E-state index contributed by atoms with van der Waals surface area (Å²) in [6, 6.07) is 7.32. The Morgan fingerprint density at radius 1 is 1.32 bits per heavy atom. The van der Waals surface area contributed by atoms with Gasteiger partial charge in [0, 0.05) is 5.39 Å². The van der Waals surface area contributed by atoms with E-state index in [4.69, 9.17) is 0 Å². The SMILES string of the molecule is C[N+](C)(C)CC(=O)N=Nc1c(O)[nH]c2ccccc12. The molecular weight excluding hydrogens is 244 g/mol. The summed E-state index contributed by atoms with van der Waals surface area (Å²) >= 11 is 0. The molecule has 0 saturated heterocycles. The van der Waals surface area contributed by atoms with Crippen molar-refractivity contribution in [2.45, 2.75) is 0 Å². The van der Waals surface area contributed by atoms with Gasteiger partial charge < -0.3 is 14.6 Å². The fraction of sp³-hybridized carbons (Fsp3) is 0.308. The largest absolute Gasteiger partial charge is 0.493 e. The maximum atomic E-state index is 11.6. The highest BCUT2D eigenvalue weighted by molar-refractivity contribution is 5.94. The van der Waals surface area contributed by atoms with Crippen LogP contribution in [0.3, 0.4) is 0 Å². The monoisotopic (exact) mass is 261 g/mol. The molecule has 1 heterocycles. The van der Waals surface area contributed by atoms with Crippen LogP contribution in [0.15, 0.2) is 34.5 Å². The molecular formula is C13H17N4O2+. The first-order valence-corrected chi connectivity index (χ1v) is 5.91. The first-order valence-electron chi connectivity index (χ1n) is 5.91. The predicted octanol–water partition coefficient (Wildman–Crippen LogP) is 2.19. The minimum Gasteiger partial charge on any atom is -0.493 e. The average Bonchev–Trinajstić information content (AvgIpc) is 2.60. The summed E-state index contributed by atoms with van der Waals surface area (Å²) in [6.45, 7) is 0.257. The number of fused-ring (bicyclic) bond motifs is 1. The van der Waals surface area contributed by atoms with Crippen LogP contribution in [0.5, 0.6) is 5.88 Å². The first kappa shape index (κ1) is 13.2. The molecule has 0 bridgehead atoms. The highest BCUT2D eigenvalue weighted by atomic mass is 16.3. The molecule has 2 aromatic rings. The van der Waals surface area contributed by atoms with Crippen molar-refractivity contribution in [1.82, 2.24) is 4.98 Å². The van der Waals surface area contributed by atoms with Crippen molar-refractivity contribution < 1.29 is 14.4 Å². The third-order valence-electron chi connectivity index (χ3n) is 2.53. The van der Waals surface area contributed by atoms with Gasteiger partial charge in [-0.2, -0.15) is 0 Å². The summed E-state index contributed by atoms with van der Waals surface area (Å²) in [5.41, 5.74) is 1.05. The number of benzene rings is 1. The van der Waals surface area contributed by atoms with Gasteiger partial charge in [0.1, 0.15) is 0 Å². The van der Waals surface area contributed by atoms with Crippen molar-refractivity contribution in [3.8, 4) is 5.88 Å². The molecule has 100 valence electrons. The van der Waals surface area contributed by atoms with Crippen LogP contribution in [0.1, 0.15) is 0 Å². The van der Waals surface area contributed by atoms with Crippen molar-refractivity contribution >= 4 is 22.5 Å². The number of H-pyrrole nitrogens is 1. The van der Waals surface area contributed by atoms with Gasteiger partial charge in [-0.25, -0.2) is 0 Å². The van der Waals surface area contributed by atoms with Crippen LogP contribution in [0.2, 0.25) is 0 Å². The molecule has 0 aliphatic heterocycles. The van der Waals surface area contributed by atoms with E-state index in [9.17, 15) is 9.90 Å². The molecule has 0 atom stereocenters. The van der Waals surface area contributed by atoms with Crippen molar-refractivity contribution in [3.63, 3.8) is 0 Å². The van der Waals surface area contributed by atoms with Crippen LogP contribution in [0.4, 0.5) is 5.69 Å². The summed E-state index contributed by atoms with van der Waals surface area (Å²) in [6.07, 6.45) is 0. The number of aromatic nitrogens is 1. The number of carbonyl (C=O) groups is 1. The quantitative estimate of drug-likeness (QED) is 0.656. The third-order valence-corrected chi connectivity index (χ3v) is 2.53. The Balaban J connectivity index is 2.26. The Morgan fingerprint density at radius 2 is 2.00 bits per heavy atom. The Kier molecular flexibility index (Phi) is 3.35. The lowest BCUT2D eigenvalue weighted by atomic mass is 10.2. The molecule has 6 nitrogen and oxygen atoms in total. The summed E-state index contributed by atoms with van der Waals surface area (Å²) in [7, 11) is 5.70. The molecule has 0 radical (unpaired) electrons. The zero-order valence-corrected chi connectivity index (χ0v) is 11.2. The lowest BCUT2D eigenvalue weighted by Gasteiger charge is -2.20. The maximum absolute atomic E-state index is 11.6. The number of quaternary nitrogens is 1. The lowest BCUT2D eigenvalue weighted by Crippen LogP contribution is -2.38. The minimum absolute atomic E-state index is 0.0806. The van der Waals surface area contributed by atoms with Gasteiger partial charge in [0.2, 0.25) is 5.88 Å². The van der Waals surface area contributed by atoms with Gasteiger partial charge in [-0.15, -0.1) is 10.2 Å². The van der Waals surface area contributed by atoms with Gasteiger partial charge in [0.15, 0.2) is 12.2 Å². The van der Waals surface area contributed by atoms with Gasteiger partial charge in [0.25, 0.3) is 0 Å². The normalized spacial score (nSPS) is 12.4. The van der Waals surface area contributed by atoms with Crippen LogP contribution in [0, 0.1) is 0 Å². The first-order chi connectivity index (χ1) is 8.87. The molecule has 0 fully saturated rings. The number of rotatable bonds is 3. The molecule has 1 amide bonds. The number of azo groups is 1. The number of hydrogen-bond acceptors (Lipinski definition) is 3. The van der Waals surface area contributed by atoms with Gasteiger partial charge >= 0.3 is 5.91 Å². The van der Waals surface area contributed by atoms with Gasteiger partial charge in [-0.3, -0.25) is 4.79 Å². The molecule has 0 aliphatic carbocycles. The zero-order chi connectivity index (χ0) is 14.0. The Labute approximate surface area is 111 Å². The van der Waals surface area contributed by atoms with E-state index in [1.807, 2.05) is 45.4 Å². The average molecular weight is 261 g/mol. The standard InChI is InChI=1S/C13H16N4O2/c1-17(2,3)8-11(18)15-16-12-9-6-4-5-7-10(9)14-13(12)19/h4-7H,8H2,1-3H3,(H-,14,15,16,18,19)/p+1. The maximum Gasteiger partial charge on any atom is 0.319 e. The van der Waals surface area contributed by atoms with E-state index in [1.54, 1.807) is 0 Å².